The van der Waals surface area contributed by atoms with E-state index >= 15 is 0 Å². The molecule has 0 atom stereocenters. The van der Waals surface area contributed by atoms with Crippen LogP contribution in [0.15, 0.2) is 49.1 Å². The van der Waals surface area contributed by atoms with E-state index < -0.39 is 0 Å². The summed E-state index contributed by atoms with van der Waals surface area (Å²) in [7, 11) is 0. The second-order valence-corrected chi connectivity index (χ2v) is 9.53. The van der Waals surface area contributed by atoms with E-state index in [1.165, 1.54) is 81.8 Å². The van der Waals surface area contributed by atoms with Crippen LogP contribution in [0.25, 0.3) is 0 Å². The third-order valence-corrected chi connectivity index (χ3v) is 7.52. The highest BCUT2D eigenvalue weighted by atomic mass is 16.5. The van der Waals surface area contributed by atoms with E-state index in [9.17, 15) is 0 Å². The number of aryl methyl sites for hydroxylation is 1. The Labute approximate surface area is 179 Å². The highest BCUT2D eigenvalue weighted by molar-refractivity contribution is 5.22. The average Bonchev–Trinajstić information content (AvgIpc) is 2.78. The van der Waals surface area contributed by atoms with Crippen LogP contribution in [0.5, 0.6) is 0 Å². The molecule has 2 aliphatic rings. The average molecular weight is 395 g/mol. The van der Waals surface area contributed by atoms with Crippen LogP contribution >= 0.6 is 0 Å². The Hall–Kier alpha value is -1.34. The summed E-state index contributed by atoms with van der Waals surface area (Å²) < 4.78 is 5.53. The lowest BCUT2D eigenvalue weighted by atomic mass is 9.68. The van der Waals surface area contributed by atoms with Crippen molar-refractivity contribution in [2.45, 2.75) is 84.2 Å². The molecule has 0 N–H and O–H groups in total. The van der Waals surface area contributed by atoms with Crippen molar-refractivity contribution in [3.05, 3.63) is 60.2 Å². The molecule has 2 saturated carbocycles. The van der Waals surface area contributed by atoms with E-state index in [0.717, 1.165) is 23.7 Å². The number of hydrogen-bond donors (Lipinski definition) is 0. The lowest BCUT2D eigenvalue weighted by Crippen LogP contribution is -2.26. The summed E-state index contributed by atoms with van der Waals surface area (Å²) in [4.78, 5) is 0. The SMILES string of the molecule is C=CCOCc1ccc(CCC2CCC(C3CCC(C/C=C/C)CC3)CC2)cc1. The predicted octanol–water partition coefficient (Wildman–Crippen LogP) is 7.90. The molecule has 1 nitrogen and oxygen atoms in total. The molecule has 1 heteroatoms. The standard InChI is InChI=1S/C28H42O/c1-3-5-6-23-13-17-27(18-14-23)28-19-15-25(16-20-28)8-7-24-9-11-26(12-10-24)22-29-21-4-2/h3-5,9-12,23,25,27-28H,2,6-8,13-22H2,1H3/b5-3+. The van der Waals surface area contributed by atoms with Crippen molar-refractivity contribution < 1.29 is 4.74 Å². The van der Waals surface area contributed by atoms with E-state index in [1.807, 2.05) is 0 Å². The van der Waals surface area contributed by atoms with E-state index in [4.69, 9.17) is 4.74 Å². The molecule has 0 spiro atoms. The Bertz CT molecular complexity index is 598. The first-order valence-corrected chi connectivity index (χ1v) is 12.2. The first-order valence-electron chi connectivity index (χ1n) is 12.2. The highest BCUT2D eigenvalue weighted by Crippen LogP contribution is 2.42. The molecule has 1 aromatic carbocycles. The number of allylic oxidation sites excluding steroid dienone is 2. The van der Waals surface area contributed by atoms with Gasteiger partial charge in [0.15, 0.2) is 0 Å². The molecule has 0 aromatic heterocycles. The predicted molar refractivity (Wildman–Crippen MR) is 125 cm³/mol. The van der Waals surface area contributed by atoms with Crippen LogP contribution in [0.4, 0.5) is 0 Å². The zero-order valence-electron chi connectivity index (χ0n) is 18.7. The maximum atomic E-state index is 5.53. The van der Waals surface area contributed by atoms with Gasteiger partial charge in [-0.05, 0) is 99.5 Å². The van der Waals surface area contributed by atoms with Crippen molar-refractivity contribution in [1.29, 1.82) is 0 Å². The van der Waals surface area contributed by atoms with Gasteiger partial charge in [-0.1, -0.05) is 55.3 Å². The van der Waals surface area contributed by atoms with Crippen LogP contribution in [-0.2, 0) is 17.8 Å². The van der Waals surface area contributed by atoms with Gasteiger partial charge >= 0.3 is 0 Å². The molecule has 0 bridgehead atoms. The van der Waals surface area contributed by atoms with Gasteiger partial charge in [0.1, 0.15) is 0 Å². The van der Waals surface area contributed by atoms with E-state index in [-0.39, 0.29) is 0 Å². The zero-order chi connectivity index (χ0) is 20.3. The molecule has 2 fully saturated rings. The first-order chi connectivity index (χ1) is 14.3. The first kappa shape index (κ1) is 22.3. The number of benzene rings is 1. The molecule has 0 aliphatic heterocycles. The van der Waals surface area contributed by atoms with Crippen molar-refractivity contribution in [3.8, 4) is 0 Å². The third-order valence-electron chi connectivity index (χ3n) is 7.52. The van der Waals surface area contributed by atoms with Gasteiger partial charge in [0.25, 0.3) is 0 Å². The topological polar surface area (TPSA) is 9.23 Å². The normalized spacial score (nSPS) is 27.9. The maximum absolute atomic E-state index is 5.53. The molecule has 29 heavy (non-hydrogen) atoms. The molecule has 0 heterocycles. The fourth-order valence-corrected chi connectivity index (χ4v) is 5.61. The Kier molecular flexibility index (Phi) is 9.54. The van der Waals surface area contributed by atoms with Crippen LogP contribution in [0.3, 0.4) is 0 Å². The summed E-state index contributed by atoms with van der Waals surface area (Å²) in [6.45, 7) is 7.16. The van der Waals surface area contributed by atoms with Gasteiger partial charge in [0, 0.05) is 0 Å². The van der Waals surface area contributed by atoms with Gasteiger partial charge in [-0.25, -0.2) is 0 Å². The Morgan fingerprint density at radius 2 is 1.45 bits per heavy atom. The molecular weight excluding hydrogens is 352 g/mol. The fraction of sp³-hybridized carbons (Fsp3) is 0.643. The van der Waals surface area contributed by atoms with E-state index in [1.54, 1.807) is 6.08 Å². The lowest BCUT2D eigenvalue weighted by Gasteiger charge is -2.37. The van der Waals surface area contributed by atoms with Gasteiger partial charge in [0.05, 0.1) is 13.2 Å². The van der Waals surface area contributed by atoms with Crippen LogP contribution in [0.2, 0.25) is 0 Å². The lowest BCUT2D eigenvalue weighted by molar-refractivity contribution is 0.144. The zero-order valence-corrected chi connectivity index (χ0v) is 18.7. The van der Waals surface area contributed by atoms with Crippen LogP contribution < -0.4 is 0 Å². The van der Waals surface area contributed by atoms with Crippen molar-refractivity contribution in [2.24, 2.45) is 23.7 Å². The van der Waals surface area contributed by atoms with Crippen LogP contribution in [-0.4, -0.2) is 6.61 Å². The smallest absolute Gasteiger partial charge is 0.0721 e. The van der Waals surface area contributed by atoms with Crippen molar-refractivity contribution in [2.75, 3.05) is 6.61 Å². The van der Waals surface area contributed by atoms with Gasteiger partial charge < -0.3 is 4.74 Å². The summed E-state index contributed by atoms with van der Waals surface area (Å²) in [5.41, 5.74) is 2.75. The minimum Gasteiger partial charge on any atom is -0.373 e. The van der Waals surface area contributed by atoms with Gasteiger partial charge in [-0.3, -0.25) is 0 Å². The third kappa shape index (κ3) is 7.45. The quantitative estimate of drug-likeness (QED) is 0.289. The number of hydrogen-bond acceptors (Lipinski definition) is 1. The molecule has 0 amide bonds. The Morgan fingerprint density at radius 3 is 2.03 bits per heavy atom. The molecule has 2 aliphatic carbocycles. The van der Waals surface area contributed by atoms with Crippen molar-refractivity contribution in [1.82, 2.24) is 0 Å². The summed E-state index contributed by atoms with van der Waals surface area (Å²) in [5, 5.41) is 0. The fourth-order valence-electron chi connectivity index (χ4n) is 5.61. The molecule has 160 valence electrons. The second kappa shape index (κ2) is 12.4. The molecule has 1 aromatic rings. The minimum atomic E-state index is 0.627. The highest BCUT2D eigenvalue weighted by Gasteiger charge is 2.30. The summed E-state index contributed by atoms with van der Waals surface area (Å²) >= 11 is 0. The molecule has 0 saturated heterocycles. The molecular formula is C28H42O. The second-order valence-electron chi connectivity index (χ2n) is 9.53. The number of ether oxygens (including phenoxy) is 1. The minimum absolute atomic E-state index is 0.627. The molecule has 0 unspecified atom stereocenters. The monoisotopic (exact) mass is 394 g/mol. The van der Waals surface area contributed by atoms with E-state index in [0.29, 0.717) is 13.2 Å². The maximum Gasteiger partial charge on any atom is 0.0721 e. The van der Waals surface area contributed by atoms with Gasteiger partial charge in [-0.15, -0.1) is 6.58 Å². The largest absolute Gasteiger partial charge is 0.373 e. The molecule has 0 radical (unpaired) electrons. The van der Waals surface area contributed by atoms with Crippen molar-refractivity contribution >= 4 is 0 Å². The summed E-state index contributed by atoms with van der Waals surface area (Å²) in [5.74, 6) is 3.99. The summed E-state index contributed by atoms with van der Waals surface area (Å²) in [6, 6.07) is 9.04. The van der Waals surface area contributed by atoms with Gasteiger partial charge in [0.2, 0.25) is 0 Å². The Balaban J connectivity index is 1.32. The van der Waals surface area contributed by atoms with Gasteiger partial charge in [-0.2, -0.15) is 0 Å². The summed E-state index contributed by atoms with van der Waals surface area (Å²) in [6.07, 6.45) is 22.2. The Morgan fingerprint density at radius 1 is 0.862 bits per heavy atom. The number of rotatable bonds is 10. The van der Waals surface area contributed by atoms with Crippen LogP contribution in [0, 0.1) is 23.7 Å². The van der Waals surface area contributed by atoms with Crippen molar-refractivity contribution in [3.63, 3.8) is 0 Å². The molecule has 3 rings (SSSR count). The van der Waals surface area contributed by atoms with E-state index in [2.05, 4.69) is 49.9 Å². The van der Waals surface area contributed by atoms with Crippen LogP contribution in [0.1, 0.15) is 82.3 Å².